The van der Waals surface area contributed by atoms with Crippen LogP contribution in [0.4, 0.5) is 11.4 Å². The molecule has 0 aliphatic rings. The number of carbonyl (C=O) groups excluding carboxylic acids is 2. The van der Waals surface area contributed by atoms with Gasteiger partial charge in [0.25, 0.3) is 11.8 Å². The van der Waals surface area contributed by atoms with Gasteiger partial charge in [-0.05, 0) is 73.2 Å². The second kappa shape index (κ2) is 11.5. The molecule has 0 radical (unpaired) electrons. The highest BCUT2D eigenvalue weighted by molar-refractivity contribution is 6.06. The molecule has 2 amide bonds. The van der Waals surface area contributed by atoms with Crippen LogP contribution in [-0.2, 0) is 0 Å². The Morgan fingerprint density at radius 1 is 0.629 bits per heavy atom. The molecule has 0 atom stereocenters. The molecule has 0 spiro atoms. The molecule has 0 saturated carbocycles. The zero-order valence-corrected chi connectivity index (χ0v) is 19.4. The van der Waals surface area contributed by atoms with E-state index in [1.807, 2.05) is 61.5 Å². The number of ether oxygens (including phenoxy) is 2. The highest BCUT2D eigenvalue weighted by Gasteiger charge is 2.11. The Hall–Kier alpha value is -4.58. The number of nitrogens with one attached hydrogen (secondary N) is 2. The quantitative estimate of drug-likeness (QED) is 0.299. The molecular formula is C29H26N2O4. The summed E-state index contributed by atoms with van der Waals surface area (Å²) in [7, 11) is 0. The predicted molar refractivity (Wildman–Crippen MR) is 137 cm³/mol. The Bertz CT molecular complexity index is 1290. The molecule has 0 fully saturated rings. The van der Waals surface area contributed by atoms with E-state index < -0.39 is 0 Å². The predicted octanol–water partition coefficient (Wildman–Crippen LogP) is 5.96. The van der Waals surface area contributed by atoms with E-state index >= 15 is 0 Å². The van der Waals surface area contributed by atoms with Gasteiger partial charge in [0.2, 0.25) is 0 Å². The van der Waals surface area contributed by atoms with Gasteiger partial charge in [0.1, 0.15) is 24.7 Å². The zero-order valence-electron chi connectivity index (χ0n) is 19.4. The summed E-state index contributed by atoms with van der Waals surface area (Å²) in [4.78, 5) is 25.2. The number of aryl methyl sites for hydroxylation is 1. The first-order valence-corrected chi connectivity index (χ1v) is 11.3. The monoisotopic (exact) mass is 466 g/mol. The van der Waals surface area contributed by atoms with Gasteiger partial charge in [0, 0.05) is 22.5 Å². The average Bonchev–Trinajstić information content (AvgIpc) is 2.89. The van der Waals surface area contributed by atoms with Crippen molar-refractivity contribution in [3.8, 4) is 11.5 Å². The Balaban J connectivity index is 1.32. The van der Waals surface area contributed by atoms with Gasteiger partial charge in [-0.3, -0.25) is 9.59 Å². The standard InChI is InChI=1S/C29H26N2O4/c1-21-19-24(15-16-27(21)31-28(32)22-9-4-2-5-10-22)30-29(33)23-11-8-14-26(20-23)35-18-17-34-25-12-6-3-7-13-25/h2-16,19-20H,17-18H2,1H3,(H,30,33)(H,31,32). The van der Waals surface area contributed by atoms with E-state index in [-0.39, 0.29) is 11.8 Å². The lowest BCUT2D eigenvalue weighted by molar-refractivity contribution is 0.101. The molecule has 4 rings (SSSR count). The summed E-state index contributed by atoms with van der Waals surface area (Å²) < 4.78 is 11.4. The van der Waals surface area contributed by atoms with Gasteiger partial charge in [-0.15, -0.1) is 0 Å². The molecule has 0 aromatic heterocycles. The average molecular weight is 467 g/mol. The van der Waals surface area contributed by atoms with Crippen LogP contribution in [0.25, 0.3) is 0 Å². The van der Waals surface area contributed by atoms with Crippen molar-refractivity contribution in [1.82, 2.24) is 0 Å². The number of carbonyl (C=O) groups is 2. The number of para-hydroxylation sites is 1. The van der Waals surface area contributed by atoms with Gasteiger partial charge in [-0.25, -0.2) is 0 Å². The maximum Gasteiger partial charge on any atom is 0.255 e. The number of rotatable bonds is 9. The summed E-state index contributed by atoms with van der Waals surface area (Å²) in [5.74, 6) is 0.933. The molecule has 35 heavy (non-hydrogen) atoms. The van der Waals surface area contributed by atoms with E-state index in [4.69, 9.17) is 9.47 Å². The summed E-state index contributed by atoms with van der Waals surface area (Å²) in [5, 5.41) is 5.80. The van der Waals surface area contributed by atoms with Gasteiger partial charge in [0.05, 0.1) is 0 Å². The summed E-state index contributed by atoms with van der Waals surface area (Å²) in [6, 6.07) is 30.9. The van der Waals surface area contributed by atoms with E-state index in [0.717, 1.165) is 11.3 Å². The molecule has 0 bridgehead atoms. The lowest BCUT2D eigenvalue weighted by Gasteiger charge is -2.12. The van der Waals surface area contributed by atoms with Crippen molar-refractivity contribution < 1.29 is 19.1 Å². The van der Waals surface area contributed by atoms with E-state index in [1.165, 1.54) is 0 Å². The zero-order chi connectivity index (χ0) is 24.5. The number of hydrogen-bond donors (Lipinski definition) is 2. The third-order valence-electron chi connectivity index (χ3n) is 5.23. The normalized spacial score (nSPS) is 10.3. The smallest absolute Gasteiger partial charge is 0.255 e. The summed E-state index contributed by atoms with van der Waals surface area (Å²) in [6.07, 6.45) is 0. The molecule has 4 aromatic rings. The van der Waals surface area contributed by atoms with E-state index in [0.29, 0.717) is 41.5 Å². The first kappa shape index (κ1) is 23.6. The molecule has 176 valence electrons. The molecule has 6 nitrogen and oxygen atoms in total. The number of benzene rings is 4. The van der Waals surface area contributed by atoms with Crippen molar-refractivity contribution in [3.05, 3.63) is 120 Å². The van der Waals surface area contributed by atoms with Crippen molar-refractivity contribution in [2.75, 3.05) is 23.8 Å². The van der Waals surface area contributed by atoms with E-state index in [1.54, 1.807) is 48.5 Å². The summed E-state index contributed by atoms with van der Waals surface area (Å²) in [5.41, 5.74) is 3.21. The number of hydrogen-bond acceptors (Lipinski definition) is 4. The van der Waals surface area contributed by atoms with Crippen LogP contribution in [0.1, 0.15) is 26.3 Å². The second-order valence-corrected chi connectivity index (χ2v) is 7.84. The minimum absolute atomic E-state index is 0.184. The lowest BCUT2D eigenvalue weighted by atomic mass is 10.1. The van der Waals surface area contributed by atoms with Crippen LogP contribution >= 0.6 is 0 Å². The van der Waals surface area contributed by atoms with Crippen molar-refractivity contribution in [3.63, 3.8) is 0 Å². The maximum absolute atomic E-state index is 12.8. The Morgan fingerprint density at radius 2 is 1.23 bits per heavy atom. The van der Waals surface area contributed by atoms with E-state index in [2.05, 4.69) is 10.6 Å². The largest absolute Gasteiger partial charge is 0.490 e. The molecular weight excluding hydrogens is 440 g/mol. The highest BCUT2D eigenvalue weighted by atomic mass is 16.5. The first-order valence-electron chi connectivity index (χ1n) is 11.3. The first-order chi connectivity index (χ1) is 17.1. The van der Waals surface area contributed by atoms with Gasteiger partial charge in [-0.1, -0.05) is 42.5 Å². The van der Waals surface area contributed by atoms with Crippen LogP contribution in [0.3, 0.4) is 0 Å². The fourth-order valence-electron chi connectivity index (χ4n) is 3.43. The topological polar surface area (TPSA) is 76.7 Å². The molecule has 0 aliphatic carbocycles. The van der Waals surface area contributed by atoms with Crippen molar-refractivity contribution >= 4 is 23.2 Å². The van der Waals surface area contributed by atoms with Crippen LogP contribution in [0.15, 0.2) is 103 Å². The number of amides is 2. The molecule has 2 N–H and O–H groups in total. The Kier molecular flexibility index (Phi) is 7.76. The van der Waals surface area contributed by atoms with Crippen LogP contribution < -0.4 is 20.1 Å². The van der Waals surface area contributed by atoms with Crippen LogP contribution in [0.5, 0.6) is 11.5 Å². The molecule has 0 unspecified atom stereocenters. The van der Waals surface area contributed by atoms with Gasteiger partial charge < -0.3 is 20.1 Å². The van der Waals surface area contributed by atoms with Crippen molar-refractivity contribution in [2.45, 2.75) is 6.92 Å². The fraction of sp³-hybridized carbons (Fsp3) is 0.103. The number of anilines is 2. The van der Waals surface area contributed by atoms with Gasteiger partial charge in [0.15, 0.2) is 0 Å². The lowest BCUT2D eigenvalue weighted by Crippen LogP contribution is -2.14. The summed E-state index contributed by atoms with van der Waals surface area (Å²) >= 11 is 0. The van der Waals surface area contributed by atoms with Crippen LogP contribution in [-0.4, -0.2) is 25.0 Å². The molecule has 0 aliphatic heterocycles. The fourth-order valence-corrected chi connectivity index (χ4v) is 3.43. The maximum atomic E-state index is 12.8. The van der Waals surface area contributed by atoms with Crippen molar-refractivity contribution in [1.29, 1.82) is 0 Å². The minimum atomic E-state index is -0.253. The van der Waals surface area contributed by atoms with Crippen LogP contribution in [0.2, 0.25) is 0 Å². The third-order valence-corrected chi connectivity index (χ3v) is 5.23. The minimum Gasteiger partial charge on any atom is -0.490 e. The third kappa shape index (κ3) is 6.71. The molecule has 4 aromatic carbocycles. The van der Waals surface area contributed by atoms with Crippen LogP contribution in [0, 0.1) is 6.92 Å². The van der Waals surface area contributed by atoms with Crippen molar-refractivity contribution in [2.24, 2.45) is 0 Å². The second-order valence-electron chi connectivity index (χ2n) is 7.84. The molecule has 0 saturated heterocycles. The Morgan fingerprint density at radius 3 is 1.94 bits per heavy atom. The Labute approximate surface area is 204 Å². The molecule has 6 heteroatoms. The molecule has 0 heterocycles. The highest BCUT2D eigenvalue weighted by Crippen LogP contribution is 2.22. The van der Waals surface area contributed by atoms with Gasteiger partial charge in [-0.2, -0.15) is 0 Å². The SMILES string of the molecule is Cc1cc(NC(=O)c2cccc(OCCOc3ccccc3)c2)ccc1NC(=O)c1ccccc1. The summed E-state index contributed by atoms with van der Waals surface area (Å²) in [6.45, 7) is 2.63. The van der Waals surface area contributed by atoms with E-state index in [9.17, 15) is 9.59 Å². The van der Waals surface area contributed by atoms with Gasteiger partial charge >= 0.3 is 0 Å².